The molecule has 1 N–H and O–H groups in total. The largest absolute Gasteiger partial charge is 0.423 e. The van der Waals surface area contributed by atoms with E-state index in [0.717, 1.165) is 18.7 Å². The number of esters is 1. The lowest BCUT2D eigenvalue weighted by atomic mass is 10.1. The molecule has 0 heterocycles. The molecule has 0 aliphatic carbocycles. The molecule has 0 aromatic heterocycles. The Morgan fingerprint density at radius 2 is 1.38 bits per heavy atom. The number of rotatable bonds is 12. The molecule has 0 unspecified atom stereocenters. The normalized spacial score (nSPS) is 10.5. The van der Waals surface area contributed by atoms with Gasteiger partial charge in [-0.15, -0.1) is 0 Å². The molecule has 1 amide bonds. The molecule has 0 aliphatic rings. The Morgan fingerprint density at radius 1 is 0.765 bits per heavy atom. The van der Waals surface area contributed by atoms with Gasteiger partial charge in [0.15, 0.2) is 0 Å². The average molecular weight is 459 g/mol. The summed E-state index contributed by atoms with van der Waals surface area (Å²) in [7, 11) is 1.73. The number of unbranched alkanes of at least 4 members (excludes halogenated alkanes) is 5. The molecule has 3 aromatic rings. The van der Waals surface area contributed by atoms with Crippen molar-refractivity contribution in [3.63, 3.8) is 0 Å². The fraction of sp³-hybridized carbons (Fsp3) is 0.310. The quantitative estimate of drug-likeness (QED) is 0.181. The smallest absolute Gasteiger partial charge is 0.343 e. The van der Waals surface area contributed by atoms with Gasteiger partial charge in [-0.3, -0.25) is 4.79 Å². The SMILES string of the molecule is CCCCCCCCNc1ccc(C(=O)N(C)c2ccc(C(=O)Oc3ccccc3)cc2)cc1. The Labute approximate surface area is 202 Å². The van der Waals surface area contributed by atoms with Crippen molar-refractivity contribution in [2.45, 2.75) is 45.4 Å². The van der Waals surface area contributed by atoms with E-state index < -0.39 is 5.97 Å². The zero-order valence-corrected chi connectivity index (χ0v) is 20.1. The number of anilines is 2. The molecule has 0 bridgehead atoms. The van der Waals surface area contributed by atoms with Gasteiger partial charge in [0.05, 0.1) is 5.56 Å². The first-order valence-corrected chi connectivity index (χ1v) is 12.1. The summed E-state index contributed by atoms with van der Waals surface area (Å²) in [5.41, 5.74) is 2.76. The summed E-state index contributed by atoms with van der Waals surface area (Å²) in [4.78, 5) is 26.8. The van der Waals surface area contributed by atoms with E-state index in [9.17, 15) is 9.59 Å². The maximum atomic E-state index is 12.9. The second-order valence-corrected chi connectivity index (χ2v) is 8.39. The van der Waals surface area contributed by atoms with Gasteiger partial charge in [0.1, 0.15) is 5.75 Å². The van der Waals surface area contributed by atoms with Crippen LogP contribution in [0.25, 0.3) is 0 Å². The Bertz CT molecular complexity index is 1030. The molecule has 178 valence electrons. The van der Waals surface area contributed by atoms with E-state index in [2.05, 4.69) is 12.2 Å². The van der Waals surface area contributed by atoms with Gasteiger partial charge in [-0.1, -0.05) is 57.2 Å². The summed E-state index contributed by atoms with van der Waals surface area (Å²) in [6.07, 6.45) is 7.61. The van der Waals surface area contributed by atoms with Crippen molar-refractivity contribution < 1.29 is 14.3 Å². The molecule has 34 heavy (non-hydrogen) atoms. The van der Waals surface area contributed by atoms with E-state index in [1.807, 2.05) is 42.5 Å². The van der Waals surface area contributed by atoms with Crippen LogP contribution in [0.1, 0.15) is 66.2 Å². The molecule has 3 aromatic carbocycles. The number of ether oxygens (including phenoxy) is 1. The van der Waals surface area contributed by atoms with Gasteiger partial charge >= 0.3 is 5.97 Å². The zero-order chi connectivity index (χ0) is 24.2. The van der Waals surface area contributed by atoms with Crippen molar-refractivity contribution in [2.24, 2.45) is 0 Å². The van der Waals surface area contributed by atoms with Crippen LogP contribution in [0.5, 0.6) is 5.75 Å². The van der Waals surface area contributed by atoms with Gasteiger partial charge in [0, 0.05) is 30.5 Å². The van der Waals surface area contributed by atoms with E-state index in [-0.39, 0.29) is 5.91 Å². The van der Waals surface area contributed by atoms with E-state index in [0.29, 0.717) is 22.6 Å². The monoisotopic (exact) mass is 458 g/mol. The average Bonchev–Trinajstić information content (AvgIpc) is 2.88. The standard InChI is InChI=1S/C29H34N2O3/c1-3-4-5-6-7-11-22-30-25-18-14-23(15-19-25)28(32)31(2)26-20-16-24(17-21-26)29(33)34-27-12-9-8-10-13-27/h8-10,12-21,30H,3-7,11,22H2,1-2H3. The third-order valence-corrected chi connectivity index (χ3v) is 5.74. The molecule has 0 fully saturated rings. The number of carbonyl (C=O) groups is 2. The lowest BCUT2D eigenvalue weighted by Crippen LogP contribution is -2.26. The lowest BCUT2D eigenvalue weighted by Gasteiger charge is -2.18. The highest BCUT2D eigenvalue weighted by molar-refractivity contribution is 6.06. The summed E-state index contributed by atoms with van der Waals surface area (Å²) in [5.74, 6) is -0.0494. The minimum absolute atomic E-state index is 0.109. The number of para-hydroxylation sites is 1. The molecule has 0 aliphatic heterocycles. The number of hydrogen-bond acceptors (Lipinski definition) is 4. The molecule has 0 atom stereocenters. The van der Waals surface area contributed by atoms with Crippen molar-refractivity contribution in [3.05, 3.63) is 90.0 Å². The number of amides is 1. The summed E-state index contributed by atoms with van der Waals surface area (Å²) in [5, 5.41) is 3.43. The van der Waals surface area contributed by atoms with Crippen molar-refractivity contribution in [1.82, 2.24) is 0 Å². The molecule has 3 rings (SSSR count). The van der Waals surface area contributed by atoms with Crippen molar-refractivity contribution in [3.8, 4) is 5.75 Å². The zero-order valence-electron chi connectivity index (χ0n) is 20.1. The summed E-state index contributed by atoms with van der Waals surface area (Å²) in [6.45, 7) is 3.17. The Balaban J connectivity index is 1.50. The summed E-state index contributed by atoms with van der Waals surface area (Å²) in [6, 6.07) is 23.3. The van der Waals surface area contributed by atoms with Gasteiger partial charge in [0.25, 0.3) is 5.91 Å². The summed E-state index contributed by atoms with van der Waals surface area (Å²) >= 11 is 0. The Morgan fingerprint density at radius 3 is 2.06 bits per heavy atom. The second-order valence-electron chi connectivity index (χ2n) is 8.39. The van der Waals surface area contributed by atoms with E-state index in [4.69, 9.17) is 4.74 Å². The highest BCUT2D eigenvalue weighted by Crippen LogP contribution is 2.19. The topological polar surface area (TPSA) is 58.6 Å². The van der Waals surface area contributed by atoms with E-state index in [1.165, 1.54) is 32.1 Å². The highest BCUT2D eigenvalue weighted by atomic mass is 16.5. The second kappa shape index (κ2) is 13.2. The van der Waals surface area contributed by atoms with Crippen LogP contribution in [0, 0.1) is 0 Å². The van der Waals surface area contributed by atoms with Gasteiger partial charge in [0.2, 0.25) is 0 Å². The van der Waals surface area contributed by atoms with Crippen LogP contribution in [0.15, 0.2) is 78.9 Å². The third-order valence-electron chi connectivity index (χ3n) is 5.74. The molecule has 0 spiro atoms. The van der Waals surface area contributed by atoms with Gasteiger partial charge in [-0.05, 0) is 67.1 Å². The molecular formula is C29H34N2O3. The van der Waals surface area contributed by atoms with Crippen LogP contribution < -0.4 is 15.0 Å². The van der Waals surface area contributed by atoms with Crippen molar-refractivity contribution in [2.75, 3.05) is 23.8 Å². The molecule has 0 radical (unpaired) electrons. The molecule has 0 saturated carbocycles. The number of hydrogen-bond donors (Lipinski definition) is 1. The first kappa shape index (κ1) is 25.0. The molecular weight excluding hydrogens is 424 g/mol. The lowest BCUT2D eigenvalue weighted by molar-refractivity contribution is 0.0734. The minimum atomic E-state index is -0.434. The third kappa shape index (κ3) is 7.48. The van der Waals surface area contributed by atoms with Gasteiger partial charge in [-0.25, -0.2) is 4.79 Å². The van der Waals surface area contributed by atoms with Crippen LogP contribution in [0.4, 0.5) is 11.4 Å². The van der Waals surface area contributed by atoms with Crippen LogP contribution in [0.2, 0.25) is 0 Å². The Hall–Kier alpha value is -3.60. The number of nitrogens with one attached hydrogen (secondary N) is 1. The minimum Gasteiger partial charge on any atom is -0.423 e. The predicted octanol–water partition coefficient (Wildman–Crippen LogP) is 6.95. The molecule has 5 nitrogen and oxygen atoms in total. The highest BCUT2D eigenvalue weighted by Gasteiger charge is 2.15. The predicted molar refractivity (Wildman–Crippen MR) is 139 cm³/mol. The van der Waals surface area contributed by atoms with Crippen LogP contribution in [-0.4, -0.2) is 25.5 Å². The first-order chi connectivity index (χ1) is 16.6. The van der Waals surface area contributed by atoms with Crippen LogP contribution in [-0.2, 0) is 0 Å². The summed E-state index contributed by atoms with van der Waals surface area (Å²) < 4.78 is 5.36. The number of carbonyl (C=O) groups excluding carboxylic acids is 2. The van der Waals surface area contributed by atoms with Crippen molar-refractivity contribution in [1.29, 1.82) is 0 Å². The van der Waals surface area contributed by atoms with E-state index in [1.54, 1.807) is 48.3 Å². The van der Waals surface area contributed by atoms with Crippen molar-refractivity contribution >= 4 is 23.3 Å². The van der Waals surface area contributed by atoms with Crippen LogP contribution in [0.3, 0.4) is 0 Å². The fourth-order valence-corrected chi connectivity index (χ4v) is 3.66. The Kier molecular flexibility index (Phi) is 9.71. The van der Waals surface area contributed by atoms with Gasteiger partial charge in [-0.2, -0.15) is 0 Å². The number of benzene rings is 3. The number of nitrogens with zero attached hydrogens (tertiary/aromatic N) is 1. The van der Waals surface area contributed by atoms with Crippen LogP contribution >= 0.6 is 0 Å². The fourth-order valence-electron chi connectivity index (χ4n) is 3.66. The maximum absolute atomic E-state index is 12.9. The molecule has 5 heteroatoms. The first-order valence-electron chi connectivity index (χ1n) is 12.1. The maximum Gasteiger partial charge on any atom is 0.343 e. The molecule has 0 saturated heterocycles. The van der Waals surface area contributed by atoms with E-state index >= 15 is 0 Å². The van der Waals surface area contributed by atoms with Gasteiger partial charge < -0.3 is 15.0 Å².